The third-order valence-corrected chi connectivity index (χ3v) is 6.70. The molecule has 0 saturated carbocycles. The second-order valence-corrected chi connectivity index (χ2v) is 8.97. The number of carbonyl (C=O) groups excluding carboxylic acids is 1. The van der Waals surface area contributed by atoms with E-state index < -0.39 is 4.92 Å². The molecular formula is C27H24ClN5O4. The second-order valence-electron chi connectivity index (χ2n) is 8.56. The van der Waals surface area contributed by atoms with Crippen molar-refractivity contribution in [3.05, 3.63) is 99.7 Å². The summed E-state index contributed by atoms with van der Waals surface area (Å²) in [6, 6.07) is 22.8. The van der Waals surface area contributed by atoms with Crippen LogP contribution >= 0.6 is 11.6 Å². The van der Waals surface area contributed by atoms with Crippen LogP contribution in [-0.2, 0) is 0 Å². The first-order valence-electron chi connectivity index (χ1n) is 11.7. The van der Waals surface area contributed by atoms with Gasteiger partial charge >= 0.3 is 0 Å². The molecule has 1 aromatic heterocycles. The molecule has 3 aromatic carbocycles. The van der Waals surface area contributed by atoms with Crippen molar-refractivity contribution in [2.75, 3.05) is 38.2 Å². The number of non-ortho nitro benzene ring substituents is 1. The van der Waals surface area contributed by atoms with E-state index in [1.807, 2.05) is 42.5 Å². The third kappa shape index (κ3) is 4.99. The van der Waals surface area contributed by atoms with Crippen LogP contribution in [0.3, 0.4) is 0 Å². The zero-order valence-electron chi connectivity index (χ0n) is 20.1. The largest absolute Gasteiger partial charge is 0.497 e. The van der Waals surface area contributed by atoms with Gasteiger partial charge in [-0.05, 0) is 42.5 Å². The van der Waals surface area contributed by atoms with E-state index in [1.165, 1.54) is 16.8 Å². The predicted molar refractivity (Wildman–Crippen MR) is 142 cm³/mol. The number of nitro benzene ring substituents is 1. The molecule has 0 N–H and O–H groups in total. The Hall–Kier alpha value is -4.37. The topological polar surface area (TPSA) is 93.7 Å². The van der Waals surface area contributed by atoms with E-state index in [4.69, 9.17) is 16.3 Å². The average Bonchev–Trinajstić information content (AvgIpc) is 3.38. The Morgan fingerprint density at radius 3 is 2.35 bits per heavy atom. The number of rotatable bonds is 6. The number of halogens is 1. The highest BCUT2D eigenvalue weighted by Crippen LogP contribution is 2.30. The van der Waals surface area contributed by atoms with Gasteiger partial charge in [-0.1, -0.05) is 35.9 Å². The Kier molecular flexibility index (Phi) is 6.78. The fraction of sp³-hybridized carbons (Fsp3) is 0.185. The summed E-state index contributed by atoms with van der Waals surface area (Å²) in [7, 11) is 1.63. The van der Waals surface area contributed by atoms with E-state index in [2.05, 4.69) is 10.00 Å². The molecule has 2 heterocycles. The van der Waals surface area contributed by atoms with Gasteiger partial charge in [-0.15, -0.1) is 0 Å². The molecule has 1 amide bonds. The second kappa shape index (κ2) is 10.3. The van der Waals surface area contributed by atoms with E-state index in [-0.39, 0.29) is 11.6 Å². The summed E-state index contributed by atoms with van der Waals surface area (Å²) in [5.74, 6) is 0.591. The average molecular weight is 518 g/mol. The van der Waals surface area contributed by atoms with Gasteiger partial charge in [-0.2, -0.15) is 5.10 Å². The van der Waals surface area contributed by atoms with Crippen LogP contribution in [0.25, 0.3) is 16.9 Å². The Balaban J connectivity index is 1.45. The highest BCUT2D eigenvalue weighted by atomic mass is 35.5. The molecule has 0 bridgehead atoms. The molecule has 1 aliphatic heterocycles. The molecule has 0 radical (unpaired) electrons. The number of hydrogen-bond donors (Lipinski definition) is 0. The van der Waals surface area contributed by atoms with Gasteiger partial charge in [0.25, 0.3) is 11.6 Å². The molecule has 0 aliphatic carbocycles. The number of benzene rings is 3. The summed E-state index contributed by atoms with van der Waals surface area (Å²) >= 11 is 6.41. The van der Waals surface area contributed by atoms with E-state index in [1.54, 1.807) is 36.3 Å². The highest BCUT2D eigenvalue weighted by molar-refractivity contribution is 6.33. The van der Waals surface area contributed by atoms with Crippen molar-refractivity contribution in [2.24, 2.45) is 0 Å². The van der Waals surface area contributed by atoms with Crippen molar-refractivity contribution in [3.8, 4) is 22.7 Å². The first-order chi connectivity index (χ1) is 17.9. The molecule has 0 unspecified atom stereocenters. The van der Waals surface area contributed by atoms with Crippen LogP contribution in [0.15, 0.2) is 78.9 Å². The molecule has 10 heteroatoms. The summed E-state index contributed by atoms with van der Waals surface area (Å²) in [5, 5.41) is 16.5. The molecule has 0 spiro atoms. The molecule has 1 aliphatic rings. The number of amides is 1. The Bertz CT molecular complexity index is 1450. The van der Waals surface area contributed by atoms with Crippen LogP contribution in [0.4, 0.5) is 11.4 Å². The van der Waals surface area contributed by atoms with Crippen LogP contribution in [0.5, 0.6) is 5.75 Å². The third-order valence-electron chi connectivity index (χ3n) is 6.37. The molecule has 1 saturated heterocycles. The summed E-state index contributed by atoms with van der Waals surface area (Å²) in [4.78, 5) is 28.6. The maximum Gasteiger partial charge on any atom is 0.272 e. The summed E-state index contributed by atoms with van der Waals surface area (Å²) < 4.78 is 6.70. The van der Waals surface area contributed by atoms with Crippen molar-refractivity contribution >= 4 is 28.9 Å². The van der Waals surface area contributed by atoms with Crippen LogP contribution in [0.2, 0.25) is 5.02 Å². The lowest BCUT2D eigenvalue weighted by atomic mass is 10.1. The predicted octanol–water partition coefficient (Wildman–Crippen LogP) is 5.07. The Morgan fingerprint density at radius 2 is 1.68 bits per heavy atom. The van der Waals surface area contributed by atoms with Crippen molar-refractivity contribution in [1.29, 1.82) is 0 Å². The van der Waals surface area contributed by atoms with Gasteiger partial charge in [0, 0.05) is 49.6 Å². The number of ether oxygens (including phenoxy) is 1. The van der Waals surface area contributed by atoms with E-state index >= 15 is 0 Å². The SMILES string of the molecule is COc1ccc(N2CCN(C(=O)c3cc(-c4ccccc4Cl)nn3-c3cccc([N+](=O)[O-])c3)CC2)cc1. The molecule has 1 fully saturated rings. The van der Waals surface area contributed by atoms with Crippen LogP contribution in [-0.4, -0.2) is 58.8 Å². The normalized spacial score (nSPS) is 13.5. The van der Waals surface area contributed by atoms with Crippen LogP contribution < -0.4 is 9.64 Å². The Morgan fingerprint density at radius 1 is 0.946 bits per heavy atom. The van der Waals surface area contributed by atoms with E-state index in [9.17, 15) is 14.9 Å². The lowest BCUT2D eigenvalue weighted by molar-refractivity contribution is -0.384. The molecular weight excluding hydrogens is 494 g/mol. The highest BCUT2D eigenvalue weighted by Gasteiger charge is 2.27. The van der Waals surface area contributed by atoms with Gasteiger partial charge in [0.15, 0.2) is 0 Å². The van der Waals surface area contributed by atoms with Gasteiger partial charge in [-0.25, -0.2) is 4.68 Å². The van der Waals surface area contributed by atoms with Gasteiger partial charge in [0.1, 0.15) is 11.4 Å². The first kappa shape index (κ1) is 24.3. The summed E-state index contributed by atoms with van der Waals surface area (Å²) in [6.45, 7) is 2.37. The molecule has 4 aromatic rings. The zero-order valence-corrected chi connectivity index (χ0v) is 20.8. The quantitative estimate of drug-likeness (QED) is 0.262. The van der Waals surface area contributed by atoms with Gasteiger partial charge in [-0.3, -0.25) is 14.9 Å². The minimum Gasteiger partial charge on any atom is -0.497 e. The molecule has 188 valence electrons. The lowest BCUT2D eigenvalue weighted by Crippen LogP contribution is -2.49. The number of carbonyl (C=O) groups is 1. The minimum atomic E-state index is -0.470. The summed E-state index contributed by atoms with van der Waals surface area (Å²) in [6.07, 6.45) is 0. The van der Waals surface area contributed by atoms with E-state index in [0.717, 1.165) is 11.4 Å². The van der Waals surface area contributed by atoms with Crippen molar-refractivity contribution < 1.29 is 14.5 Å². The number of aromatic nitrogens is 2. The number of hydrogen-bond acceptors (Lipinski definition) is 6. The maximum atomic E-state index is 13.7. The molecule has 5 rings (SSSR count). The number of piperazine rings is 1. The monoisotopic (exact) mass is 517 g/mol. The van der Waals surface area contributed by atoms with E-state index in [0.29, 0.717) is 53.8 Å². The van der Waals surface area contributed by atoms with Crippen molar-refractivity contribution in [1.82, 2.24) is 14.7 Å². The fourth-order valence-electron chi connectivity index (χ4n) is 4.39. The van der Waals surface area contributed by atoms with Gasteiger partial charge < -0.3 is 14.5 Å². The molecule has 37 heavy (non-hydrogen) atoms. The fourth-order valence-corrected chi connectivity index (χ4v) is 4.62. The number of nitro groups is 1. The molecule has 9 nitrogen and oxygen atoms in total. The minimum absolute atomic E-state index is 0.0844. The zero-order chi connectivity index (χ0) is 25.9. The van der Waals surface area contributed by atoms with Gasteiger partial charge in [0.05, 0.1) is 28.4 Å². The standard InChI is InChI=1S/C27H24ClN5O4/c1-37-22-11-9-19(10-12-22)30-13-15-31(16-14-30)27(34)26-18-25(23-7-2-3-8-24(23)28)29-32(26)20-5-4-6-21(17-20)33(35)36/h2-12,17-18H,13-16H2,1H3. The van der Waals surface area contributed by atoms with Gasteiger partial charge in [0.2, 0.25) is 0 Å². The van der Waals surface area contributed by atoms with Crippen molar-refractivity contribution in [3.63, 3.8) is 0 Å². The smallest absolute Gasteiger partial charge is 0.272 e. The number of anilines is 1. The number of methoxy groups -OCH3 is 1. The first-order valence-corrected chi connectivity index (χ1v) is 12.1. The molecule has 0 atom stereocenters. The lowest BCUT2D eigenvalue weighted by Gasteiger charge is -2.36. The van der Waals surface area contributed by atoms with Crippen LogP contribution in [0.1, 0.15) is 10.5 Å². The van der Waals surface area contributed by atoms with Crippen LogP contribution in [0, 0.1) is 10.1 Å². The maximum absolute atomic E-state index is 13.7. The number of nitrogens with zero attached hydrogens (tertiary/aromatic N) is 5. The van der Waals surface area contributed by atoms with Crippen molar-refractivity contribution in [2.45, 2.75) is 0 Å². The Labute approximate surface area is 218 Å². The summed E-state index contributed by atoms with van der Waals surface area (Å²) in [5.41, 5.74) is 2.90.